The van der Waals surface area contributed by atoms with E-state index in [1.807, 2.05) is 0 Å². The highest BCUT2D eigenvalue weighted by molar-refractivity contribution is 7.92. The van der Waals surface area contributed by atoms with Crippen molar-refractivity contribution in [2.45, 2.75) is 42.5 Å². The van der Waals surface area contributed by atoms with Crippen LogP contribution < -0.4 is 10.2 Å². The minimum Gasteiger partial charge on any atom is -0.479 e. The van der Waals surface area contributed by atoms with Crippen molar-refractivity contribution < 1.29 is 47.7 Å². The van der Waals surface area contributed by atoms with Gasteiger partial charge in [0, 0.05) is 6.07 Å². The topological polar surface area (TPSA) is 201 Å². The number of nitrogens with zero attached hydrogens (tertiary/aromatic N) is 1. The van der Waals surface area contributed by atoms with Crippen LogP contribution in [0.25, 0.3) is 0 Å². The van der Waals surface area contributed by atoms with Crippen molar-refractivity contribution in [2.75, 3.05) is 10.2 Å². The molecule has 1 aromatic heterocycles. The van der Waals surface area contributed by atoms with Crippen LogP contribution in [0, 0.1) is 6.92 Å². The third-order valence-electron chi connectivity index (χ3n) is 4.14. The van der Waals surface area contributed by atoms with Gasteiger partial charge in [0.1, 0.15) is 24.1 Å². The van der Waals surface area contributed by atoms with Gasteiger partial charge in [-0.2, -0.15) is 0 Å². The van der Waals surface area contributed by atoms with Crippen molar-refractivity contribution in [3.05, 3.63) is 36.1 Å². The van der Waals surface area contributed by atoms with Gasteiger partial charge in [-0.25, -0.2) is 18.0 Å². The number of sulfonamides is 1. The molecule has 0 saturated carbocycles. The number of aliphatic hydroxyl groups is 3. The average molecular weight is 445 g/mol. The number of hydrogen-bond acceptors (Lipinski definition) is 11. The van der Waals surface area contributed by atoms with E-state index in [0.717, 1.165) is 0 Å². The molecule has 6 N–H and O–H groups in total. The SMILES string of the molecule is Cc1cc(NS(=O)(=O)c2ccc(NOC3O[C@H](C(=O)O)[C@@H](O)[C@H](O)[C@H]3O)cc2)no1. The number of aliphatic hydroxyl groups excluding tert-OH is 3. The molecule has 0 spiro atoms. The number of carboxylic acids is 1. The molecule has 0 aliphatic carbocycles. The Morgan fingerprint density at radius 1 is 1.13 bits per heavy atom. The average Bonchev–Trinajstić information content (AvgIpc) is 3.09. The number of nitrogens with one attached hydrogen (secondary N) is 2. The zero-order chi connectivity index (χ0) is 22.1. The lowest BCUT2D eigenvalue weighted by Gasteiger charge is -2.38. The number of anilines is 2. The molecular weight excluding hydrogens is 426 g/mol. The van der Waals surface area contributed by atoms with Gasteiger partial charge >= 0.3 is 5.97 Å². The summed E-state index contributed by atoms with van der Waals surface area (Å²) in [6.07, 6.45) is -8.83. The van der Waals surface area contributed by atoms with Gasteiger partial charge in [-0.15, -0.1) is 0 Å². The van der Waals surface area contributed by atoms with Crippen molar-refractivity contribution in [3.8, 4) is 0 Å². The second-order valence-electron chi connectivity index (χ2n) is 6.41. The minimum atomic E-state index is -3.92. The van der Waals surface area contributed by atoms with Crippen molar-refractivity contribution >= 4 is 27.5 Å². The Morgan fingerprint density at radius 2 is 1.80 bits per heavy atom. The van der Waals surface area contributed by atoms with Gasteiger partial charge in [0.2, 0.25) is 6.29 Å². The maximum absolute atomic E-state index is 12.3. The predicted octanol–water partition coefficient (Wildman–Crippen LogP) is -0.980. The van der Waals surface area contributed by atoms with E-state index in [2.05, 4.69) is 15.4 Å². The largest absolute Gasteiger partial charge is 0.479 e. The Kier molecular flexibility index (Phi) is 6.25. The number of benzene rings is 1. The predicted molar refractivity (Wildman–Crippen MR) is 97.5 cm³/mol. The van der Waals surface area contributed by atoms with Crippen molar-refractivity contribution in [1.82, 2.24) is 5.16 Å². The van der Waals surface area contributed by atoms with E-state index in [1.54, 1.807) is 6.92 Å². The van der Waals surface area contributed by atoms with Crippen LogP contribution in [0.3, 0.4) is 0 Å². The molecule has 3 rings (SSSR count). The molecule has 0 bridgehead atoms. The summed E-state index contributed by atoms with van der Waals surface area (Å²) >= 11 is 0. The summed E-state index contributed by atoms with van der Waals surface area (Å²) in [7, 11) is -3.92. The number of aryl methyl sites for hydroxylation is 1. The fraction of sp³-hybridized carbons (Fsp3) is 0.375. The second kappa shape index (κ2) is 8.55. The monoisotopic (exact) mass is 445 g/mol. The van der Waals surface area contributed by atoms with Gasteiger partial charge in [-0.3, -0.25) is 10.2 Å². The van der Waals surface area contributed by atoms with Crippen molar-refractivity contribution in [2.24, 2.45) is 0 Å². The van der Waals surface area contributed by atoms with E-state index in [0.29, 0.717) is 5.76 Å². The highest BCUT2D eigenvalue weighted by Gasteiger charge is 2.47. The molecule has 5 atom stereocenters. The third kappa shape index (κ3) is 4.69. The molecule has 1 aliphatic rings. The summed E-state index contributed by atoms with van der Waals surface area (Å²) in [4.78, 5) is 16.0. The standard InChI is InChI=1S/C16H19N3O10S/c1-7-6-10(18-28-7)19-30(25,26)9-4-2-8(3-5-9)17-29-16-13(22)11(20)12(21)14(27-16)15(23)24/h2-6,11-14,16-17,20-22H,1H3,(H,18,19)(H,23,24)/t11-,12-,13+,14-,16?/m0/s1. The summed E-state index contributed by atoms with van der Waals surface area (Å²) in [5, 5.41) is 41.8. The van der Waals surface area contributed by atoms with Crippen LogP contribution in [0.1, 0.15) is 5.76 Å². The number of rotatable bonds is 7. The van der Waals surface area contributed by atoms with Gasteiger partial charge in [-0.1, -0.05) is 5.16 Å². The first-order valence-corrected chi connectivity index (χ1v) is 9.97. The highest BCUT2D eigenvalue weighted by atomic mass is 32.2. The zero-order valence-electron chi connectivity index (χ0n) is 15.4. The Balaban J connectivity index is 1.63. The molecule has 1 saturated heterocycles. The Morgan fingerprint density at radius 3 is 2.37 bits per heavy atom. The smallest absolute Gasteiger partial charge is 0.335 e. The number of carboxylic acid groups (broad SMARTS) is 1. The Bertz CT molecular complexity index is 993. The normalized spacial score (nSPS) is 26.9. The summed E-state index contributed by atoms with van der Waals surface area (Å²) in [6, 6.07) is 6.57. The molecule has 1 fully saturated rings. The summed E-state index contributed by atoms with van der Waals surface area (Å²) in [5.74, 6) is -1.10. The lowest BCUT2D eigenvalue weighted by Crippen LogP contribution is -2.60. The fourth-order valence-electron chi connectivity index (χ4n) is 2.59. The Hall–Kier alpha value is -2.75. The molecule has 1 aromatic carbocycles. The summed E-state index contributed by atoms with van der Waals surface area (Å²) in [6.45, 7) is 1.61. The van der Waals surface area contributed by atoms with Crippen LogP contribution in [0.5, 0.6) is 0 Å². The highest BCUT2D eigenvalue weighted by Crippen LogP contribution is 2.23. The Labute approximate surface area is 169 Å². The first-order valence-electron chi connectivity index (χ1n) is 8.49. The van der Waals surface area contributed by atoms with Gasteiger partial charge in [0.25, 0.3) is 10.0 Å². The molecule has 164 valence electrons. The zero-order valence-corrected chi connectivity index (χ0v) is 16.2. The van der Waals surface area contributed by atoms with E-state index in [1.165, 1.54) is 30.3 Å². The molecular formula is C16H19N3O10S. The van der Waals surface area contributed by atoms with Crippen LogP contribution in [-0.4, -0.2) is 70.7 Å². The molecule has 14 heteroatoms. The van der Waals surface area contributed by atoms with Crippen molar-refractivity contribution in [1.29, 1.82) is 0 Å². The van der Waals surface area contributed by atoms with Crippen molar-refractivity contribution in [3.63, 3.8) is 0 Å². The number of aromatic nitrogens is 1. The molecule has 2 heterocycles. The van der Waals surface area contributed by atoms with Crippen LogP contribution in [0.15, 0.2) is 39.8 Å². The van der Waals surface area contributed by atoms with Crippen LogP contribution in [0.4, 0.5) is 11.5 Å². The van der Waals surface area contributed by atoms with Gasteiger partial charge in [-0.05, 0) is 31.2 Å². The molecule has 0 radical (unpaired) electrons. The molecule has 30 heavy (non-hydrogen) atoms. The van der Waals surface area contributed by atoms with E-state index < -0.39 is 46.7 Å². The maximum atomic E-state index is 12.3. The summed E-state index contributed by atoms with van der Waals surface area (Å²) in [5.41, 5.74) is 2.59. The quantitative estimate of drug-likeness (QED) is 0.285. The number of hydrogen-bond donors (Lipinski definition) is 6. The van der Waals surface area contributed by atoms with Gasteiger partial charge in [0.05, 0.1) is 10.6 Å². The lowest BCUT2D eigenvalue weighted by molar-refractivity contribution is -0.287. The molecule has 1 aliphatic heterocycles. The van der Waals surface area contributed by atoms with Crippen LogP contribution in [0.2, 0.25) is 0 Å². The van der Waals surface area contributed by atoms with Crippen LogP contribution >= 0.6 is 0 Å². The maximum Gasteiger partial charge on any atom is 0.335 e. The van der Waals surface area contributed by atoms with Gasteiger partial charge in [0.15, 0.2) is 11.9 Å². The first kappa shape index (κ1) is 21.9. The number of aliphatic carboxylic acids is 1. The number of ether oxygens (including phenoxy) is 1. The third-order valence-corrected chi connectivity index (χ3v) is 5.51. The molecule has 2 aromatic rings. The molecule has 1 unspecified atom stereocenters. The fourth-order valence-corrected chi connectivity index (χ4v) is 3.57. The van der Waals surface area contributed by atoms with Gasteiger partial charge < -0.3 is 29.7 Å². The second-order valence-corrected chi connectivity index (χ2v) is 8.09. The van der Waals surface area contributed by atoms with E-state index in [9.17, 15) is 28.5 Å². The molecule has 13 nitrogen and oxygen atoms in total. The van der Waals surface area contributed by atoms with E-state index in [-0.39, 0.29) is 16.4 Å². The molecule has 0 amide bonds. The van der Waals surface area contributed by atoms with E-state index >= 15 is 0 Å². The minimum absolute atomic E-state index is 0.0233. The van der Waals surface area contributed by atoms with Crippen LogP contribution in [-0.2, 0) is 24.4 Å². The number of carbonyl (C=O) groups is 1. The summed E-state index contributed by atoms with van der Waals surface area (Å²) < 4.78 is 36.6. The first-order chi connectivity index (χ1) is 14.1. The lowest BCUT2D eigenvalue weighted by atomic mass is 9.99. The van der Waals surface area contributed by atoms with E-state index in [4.69, 9.17) is 19.2 Å².